The van der Waals surface area contributed by atoms with E-state index >= 15 is 0 Å². The van der Waals surface area contributed by atoms with Crippen LogP contribution in [0.15, 0.2) is 5.16 Å². The number of oxime groups is 1. The molecule has 2 aliphatic heterocycles. The number of nitrogens with zero attached hydrogens (tertiary/aromatic N) is 2. The summed E-state index contributed by atoms with van der Waals surface area (Å²) in [7, 11) is 0. The van der Waals surface area contributed by atoms with Crippen molar-refractivity contribution in [2.24, 2.45) is 17.0 Å². The van der Waals surface area contributed by atoms with Gasteiger partial charge in [-0.3, -0.25) is 4.79 Å². The van der Waals surface area contributed by atoms with Gasteiger partial charge in [-0.05, 0) is 11.8 Å². The minimum Gasteiger partial charge on any atom is -0.477 e. The zero-order chi connectivity index (χ0) is 12.6. The maximum Gasteiger partial charge on any atom is 0.353 e. The number of aliphatic carboxylic acids is 1. The molecule has 0 spiro atoms. The lowest BCUT2D eigenvalue weighted by Gasteiger charge is -2.18. The maximum atomic E-state index is 12.0. The van der Waals surface area contributed by atoms with Gasteiger partial charge in [0.05, 0.1) is 0 Å². The van der Waals surface area contributed by atoms with Crippen LogP contribution in [-0.2, 0) is 14.4 Å². The Balaban J connectivity index is 1.93. The molecule has 0 bridgehead atoms. The Morgan fingerprint density at radius 3 is 2.41 bits per heavy atom. The Morgan fingerprint density at radius 2 is 1.94 bits per heavy atom. The topological polar surface area (TPSA) is 79.2 Å². The fourth-order valence-corrected chi connectivity index (χ4v) is 2.15. The molecule has 1 fully saturated rings. The molecule has 3 atom stereocenters. The number of carbonyl (C=O) groups excluding carboxylic acids is 1. The molecule has 0 aliphatic carbocycles. The van der Waals surface area contributed by atoms with Crippen LogP contribution in [0.1, 0.15) is 20.3 Å². The van der Waals surface area contributed by atoms with Gasteiger partial charge in [-0.15, -0.1) is 0 Å². The number of carboxylic acid groups (broad SMARTS) is 1. The normalized spacial score (nSPS) is 32.2. The van der Waals surface area contributed by atoms with Crippen LogP contribution < -0.4 is 0 Å². The Morgan fingerprint density at radius 1 is 1.35 bits per heavy atom. The summed E-state index contributed by atoms with van der Waals surface area (Å²) in [6.45, 7) is 5.63. The molecule has 17 heavy (non-hydrogen) atoms. The van der Waals surface area contributed by atoms with Crippen molar-refractivity contribution in [1.82, 2.24) is 4.90 Å². The summed E-state index contributed by atoms with van der Waals surface area (Å²) in [5, 5.41) is 12.1. The van der Waals surface area contributed by atoms with Crippen molar-refractivity contribution in [3.63, 3.8) is 0 Å². The van der Waals surface area contributed by atoms with E-state index in [0.717, 1.165) is 0 Å². The van der Waals surface area contributed by atoms with Crippen molar-refractivity contribution in [1.29, 1.82) is 0 Å². The molecule has 0 saturated carbocycles. The lowest BCUT2D eigenvalue weighted by Crippen LogP contribution is -2.38. The highest BCUT2D eigenvalue weighted by Gasteiger charge is 2.38. The Labute approximate surface area is 99.2 Å². The van der Waals surface area contributed by atoms with Crippen molar-refractivity contribution >= 4 is 17.6 Å². The van der Waals surface area contributed by atoms with Crippen LogP contribution in [0.3, 0.4) is 0 Å². The molecule has 0 aromatic rings. The molecule has 6 heteroatoms. The molecule has 1 saturated heterocycles. The largest absolute Gasteiger partial charge is 0.477 e. The highest BCUT2D eigenvalue weighted by molar-refractivity contribution is 6.36. The molecule has 1 amide bonds. The van der Waals surface area contributed by atoms with Crippen molar-refractivity contribution in [3.05, 3.63) is 0 Å². The van der Waals surface area contributed by atoms with Crippen LogP contribution in [0.2, 0.25) is 0 Å². The van der Waals surface area contributed by atoms with Gasteiger partial charge in [-0.1, -0.05) is 19.0 Å². The highest BCUT2D eigenvalue weighted by atomic mass is 16.6. The zero-order valence-corrected chi connectivity index (χ0v) is 9.92. The molecule has 6 nitrogen and oxygen atoms in total. The first-order valence-corrected chi connectivity index (χ1v) is 5.73. The number of rotatable bonds is 2. The molecule has 2 rings (SSSR count). The zero-order valence-electron chi connectivity index (χ0n) is 9.92. The lowest BCUT2D eigenvalue weighted by molar-refractivity contribution is -0.141. The molecule has 0 aromatic carbocycles. The minimum atomic E-state index is -1.12. The average molecular weight is 240 g/mol. The van der Waals surface area contributed by atoms with Crippen LogP contribution in [0.25, 0.3) is 0 Å². The summed E-state index contributed by atoms with van der Waals surface area (Å²) < 4.78 is 0. The van der Waals surface area contributed by atoms with Gasteiger partial charge in [-0.2, -0.15) is 0 Å². The number of carboxylic acids is 1. The van der Waals surface area contributed by atoms with E-state index in [0.29, 0.717) is 24.9 Å². The summed E-state index contributed by atoms with van der Waals surface area (Å²) in [4.78, 5) is 29.3. The molecule has 0 radical (unpaired) electrons. The molecule has 0 aromatic heterocycles. The van der Waals surface area contributed by atoms with Crippen LogP contribution in [0.4, 0.5) is 0 Å². The average Bonchev–Trinajstić information content (AvgIpc) is 2.86. The summed E-state index contributed by atoms with van der Waals surface area (Å²) in [5.74, 6) is -0.329. The molecule has 3 unspecified atom stereocenters. The first-order valence-electron chi connectivity index (χ1n) is 5.73. The summed E-state index contributed by atoms with van der Waals surface area (Å²) in [6.07, 6.45) is -0.688. The molecular weight excluding hydrogens is 224 g/mol. The van der Waals surface area contributed by atoms with Gasteiger partial charge in [0.2, 0.25) is 6.10 Å². The van der Waals surface area contributed by atoms with Gasteiger partial charge >= 0.3 is 5.97 Å². The number of hydrogen-bond donors (Lipinski definition) is 1. The van der Waals surface area contributed by atoms with Crippen molar-refractivity contribution < 1.29 is 19.5 Å². The lowest BCUT2D eigenvalue weighted by atomic mass is 10.0. The standard InChI is InChI=1S/C11H16N2O4/c1-6-4-13(5-7(6)2)10(14)9-3-8(11(15)16)12-17-9/h6-7,9H,3-5H2,1-2H3,(H,15,16). The fourth-order valence-electron chi connectivity index (χ4n) is 2.15. The maximum absolute atomic E-state index is 12.0. The summed E-state index contributed by atoms with van der Waals surface area (Å²) in [6, 6.07) is 0. The van der Waals surface area contributed by atoms with E-state index in [9.17, 15) is 9.59 Å². The second-order valence-electron chi connectivity index (χ2n) is 4.84. The van der Waals surface area contributed by atoms with E-state index in [1.807, 2.05) is 0 Å². The van der Waals surface area contributed by atoms with Crippen molar-refractivity contribution in [3.8, 4) is 0 Å². The van der Waals surface area contributed by atoms with E-state index < -0.39 is 12.1 Å². The Hall–Kier alpha value is -1.59. The molecule has 2 heterocycles. The molecule has 2 aliphatic rings. The van der Waals surface area contributed by atoms with Crippen molar-refractivity contribution in [2.45, 2.75) is 26.4 Å². The van der Waals surface area contributed by atoms with Gasteiger partial charge in [0.15, 0.2) is 5.71 Å². The number of likely N-dealkylation sites (tertiary alicyclic amines) is 1. The number of hydrogen-bond acceptors (Lipinski definition) is 4. The molecule has 94 valence electrons. The monoisotopic (exact) mass is 240 g/mol. The van der Waals surface area contributed by atoms with Gasteiger partial charge in [0.1, 0.15) is 0 Å². The van der Waals surface area contributed by atoms with E-state index in [2.05, 4.69) is 19.0 Å². The quantitative estimate of drug-likeness (QED) is 0.754. The SMILES string of the molecule is CC1CN(C(=O)C2CC(C(=O)O)=NO2)CC1C. The minimum absolute atomic E-state index is 0.0629. The predicted molar refractivity (Wildman–Crippen MR) is 59.5 cm³/mol. The molecule has 1 N–H and O–H groups in total. The van der Waals surface area contributed by atoms with Crippen LogP contribution in [-0.4, -0.2) is 46.8 Å². The molecular formula is C11H16N2O4. The summed E-state index contributed by atoms with van der Waals surface area (Å²) >= 11 is 0. The van der Waals surface area contributed by atoms with E-state index in [4.69, 9.17) is 9.94 Å². The number of carbonyl (C=O) groups is 2. The first kappa shape index (κ1) is 11.9. The summed E-state index contributed by atoms with van der Waals surface area (Å²) in [5.41, 5.74) is -0.0800. The van der Waals surface area contributed by atoms with E-state index in [1.165, 1.54) is 0 Å². The first-order chi connectivity index (χ1) is 7.99. The second kappa shape index (κ2) is 4.35. The van der Waals surface area contributed by atoms with Crippen LogP contribution in [0, 0.1) is 11.8 Å². The highest BCUT2D eigenvalue weighted by Crippen LogP contribution is 2.24. The number of amides is 1. The smallest absolute Gasteiger partial charge is 0.353 e. The van der Waals surface area contributed by atoms with Crippen LogP contribution in [0.5, 0.6) is 0 Å². The van der Waals surface area contributed by atoms with Gasteiger partial charge in [0.25, 0.3) is 5.91 Å². The third-order valence-electron chi connectivity index (χ3n) is 3.49. The van der Waals surface area contributed by atoms with Gasteiger partial charge < -0.3 is 14.8 Å². The second-order valence-corrected chi connectivity index (χ2v) is 4.84. The van der Waals surface area contributed by atoms with Gasteiger partial charge in [-0.25, -0.2) is 4.79 Å². The van der Waals surface area contributed by atoms with E-state index in [-0.39, 0.29) is 18.0 Å². The predicted octanol–water partition coefficient (Wildman–Crippen LogP) is 0.330. The van der Waals surface area contributed by atoms with Crippen molar-refractivity contribution in [2.75, 3.05) is 13.1 Å². The third kappa shape index (κ3) is 2.25. The Kier molecular flexibility index (Phi) is 3.04. The Bertz CT molecular complexity index is 370. The van der Waals surface area contributed by atoms with Gasteiger partial charge in [0, 0.05) is 19.5 Å². The van der Waals surface area contributed by atoms with E-state index in [1.54, 1.807) is 4.90 Å². The van der Waals surface area contributed by atoms with Crippen LogP contribution >= 0.6 is 0 Å². The fraction of sp³-hybridized carbons (Fsp3) is 0.727. The third-order valence-corrected chi connectivity index (χ3v) is 3.49.